The van der Waals surface area contributed by atoms with Crippen LogP contribution in [0.25, 0.3) is 39.2 Å². The number of fused-ring (bicyclic) bond motifs is 1. The van der Waals surface area contributed by atoms with Gasteiger partial charge in [-0.3, -0.25) is 4.57 Å². The van der Waals surface area contributed by atoms with Gasteiger partial charge in [0.05, 0.1) is 28.9 Å². The molecule has 0 saturated carbocycles. The van der Waals surface area contributed by atoms with E-state index in [1.807, 2.05) is 55.5 Å². The van der Waals surface area contributed by atoms with E-state index in [0.717, 1.165) is 22.4 Å². The van der Waals surface area contributed by atoms with E-state index < -0.39 is 5.97 Å². The van der Waals surface area contributed by atoms with E-state index in [1.165, 1.54) is 0 Å². The number of carbonyl (C=O) groups is 1. The molecule has 0 spiro atoms. The minimum absolute atomic E-state index is 0.160. The van der Waals surface area contributed by atoms with Gasteiger partial charge in [-0.05, 0) is 52.7 Å². The summed E-state index contributed by atoms with van der Waals surface area (Å²) in [6.07, 6.45) is 0. The summed E-state index contributed by atoms with van der Waals surface area (Å²) in [5.74, 6) is -0.443. The molecule has 2 heterocycles. The summed E-state index contributed by atoms with van der Waals surface area (Å²) < 4.78 is 7.46. The predicted octanol–water partition coefficient (Wildman–Crippen LogP) is 3.97. The Balaban J connectivity index is 1.65. The molecule has 0 radical (unpaired) electrons. The molecular formula is C23H18N6O3. The molecule has 0 bridgehead atoms. The maximum absolute atomic E-state index is 11.9. The Kier molecular flexibility index (Phi) is 4.83. The van der Waals surface area contributed by atoms with Crippen molar-refractivity contribution in [1.82, 2.24) is 30.2 Å². The molecule has 5 rings (SSSR count). The van der Waals surface area contributed by atoms with Gasteiger partial charge >= 0.3 is 12.0 Å². The second-order valence-electron chi connectivity index (χ2n) is 6.98. The zero-order chi connectivity index (χ0) is 22.1. The third kappa shape index (κ3) is 3.25. The van der Waals surface area contributed by atoms with Gasteiger partial charge in [0.1, 0.15) is 0 Å². The number of H-pyrrole nitrogens is 1. The number of carboxylic acid groups (broad SMARTS) is 1. The molecule has 158 valence electrons. The van der Waals surface area contributed by atoms with Crippen LogP contribution in [0.5, 0.6) is 6.01 Å². The Morgan fingerprint density at radius 2 is 1.81 bits per heavy atom. The molecule has 0 saturated heterocycles. The summed E-state index contributed by atoms with van der Waals surface area (Å²) in [4.78, 5) is 16.4. The highest BCUT2D eigenvalue weighted by atomic mass is 16.5. The maximum Gasteiger partial charge on any atom is 0.337 e. The Morgan fingerprint density at radius 1 is 1.03 bits per heavy atom. The first kappa shape index (κ1) is 19.4. The molecule has 9 nitrogen and oxygen atoms in total. The van der Waals surface area contributed by atoms with Crippen molar-refractivity contribution < 1.29 is 14.6 Å². The van der Waals surface area contributed by atoms with Gasteiger partial charge in [0, 0.05) is 5.56 Å². The van der Waals surface area contributed by atoms with Crippen LogP contribution in [0.4, 0.5) is 0 Å². The van der Waals surface area contributed by atoms with E-state index in [-0.39, 0.29) is 5.56 Å². The molecule has 0 aliphatic rings. The number of nitrogens with one attached hydrogen (secondary N) is 1. The molecule has 2 N–H and O–H groups in total. The number of para-hydroxylation sites is 1. The van der Waals surface area contributed by atoms with Gasteiger partial charge in [-0.25, -0.2) is 9.89 Å². The SMILES string of the molecule is CCOc1nc2cccc(C(=O)O)c2n1-c1ccc(-c2ccccc2-c2nnn[nH]2)cc1. The molecule has 0 aliphatic carbocycles. The zero-order valence-electron chi connectivity index (χ0n) is 17.1. The summed E-state index contributed by atoms with van der Waals surface area (Å²) >= 11 is 0. The fourth-order valence-electron chi connectivity index (χ4n) is 3.75. The number of benzene rings is 3. The third-order valence-corrected chi connectivity index (χ3v) is 5.11. The van der Waals surface area contributed by atoms with Gasteiger partial charge in [-0.2, -0.15) is 4.98 Å². The van der Waals surface area contributed by atoms with Gasteiger partial charge in [0.2, 0.25) is 0 Å². The Bertz CT molecular complexity index is 1410. The molecule has 3 aromatic carbocycles. The van der Waals surface area contributed by atoms with Crippen molar-refractivity contribution >= 4 is 17.0 Å². The molecule has 0 atom stereocenters. The number of aromatic carboxylic acids is 1. The normalized spacial score (nSPS) is 11.0. The largest absolute Gasteiger partial charge is 0.478 e. The smallest absolute Gasteiger partial charge is 0.337 e. The summed E-state index contributed by atoms with van der Waals surface area (Å²) in [6.45, 7) is 2.27. The number of hydrogen-bond donors (Lipinski definition) is 2. The van der Waals surface area contributed by atoms with Gasteiger partial charge in [-0.1, -0.05) is 42.5 Å². The number of nitrogens with zero attached hydrogens (tertiary/aromatic N) is 5. The second kappa shape index (κ2) is 7.95. The Labute approximate surface area is 182 Å². The van der Waals surface area contributed by atoms with Crippen LogP contribution in [0.15, 0.2) is 66.7 Å². The molecule has 5 aromatic rings. The number of carboxylic acids is 1. The third-order valence-electron chi connectivity index (χ3n) is 5.11. The number of aromatic amines is 1. The van der Waals surface area contributed by atoms with Crippen LogP contribution in [-0.2, 0) is 0 Å². The zero-order valence-corrected chi connectivity index (χ0v) is 17.1. The Morgan fingerprint density at radius 3 is 2.50 bits per heavy atom. The van der Waals surface area contributed by atoms with E-state index in [4.69, 9.17) is 4.74 Å². The van der Waals surface area contributed by atoms with Gasteiger partial charge in [0.15, 0.2) is 5.82 Å². The lowest BCUT2D eigenvalue weighted by Crippen LogP contribution is -2.05. The molecule has 0 aliphatic heterocycles. The summed E-state index contributed by atoms with van der Waals surface area (Å²) in [5, 5.41) is 23.9. The first-order valence-electron chi connectivity index (χ1n) is 9.99. The molecule has 9 heteroatoms. The van der Waals surface area contributed by atoms with E-state index in [0.29, 0.717) is 29.5 Å². The summed E-state index contributed by atoms with van der Waals surface area (Å²) in [6, 6.07) is 20.9. The highest BCUT2D eigenvalue weighted by Crippen LogP contribution is 2.33. The van der Waals surface area contributed by atoms with Crippen molar-refractivity contribution in [2.75, 3.05) is 6.61 Å². The minimum Gasteiger partial charge on any atom is -0.478 e. The van der Waals surface area contributed by atoms with E-state index in [9.17, 15) is 9.90 Å². The number of ether oxygens (including phenoxy) is 1. The monoisotopic (exact) mass is 426 g/mol. The molecule has 0 fully saturated rings. The Hall–Kier alpha value is -4.53. The number of imidazole rings is 1. The topological polar surface area (TPSA) is 119 Å². The summed E-state index contributed by atoms with van der Waals surface area (Å²) in [5.41, 5.74) is 4.75. The van der Waals surface area contributed by atoms with Gasteiger partial charge < -0.3 is 9.84 Å². The quantitative estimate of drug-likeness (QED) is 0.422. The fraction of sp³-hybridized carbons (Fsp3) is 0.0870. The van der Waals surface area contributed by atoms with Crippen molar-refractivity contribution in [2.24, 2.45) is 0 Å². The van der Waals surface area contributed by atoms with Crippen LogP contribution in [0, 0.1) is 0 Å². The highest BCUT2D eigenvalue weighted by molar-refractivity contribution is 6.02. The van der Waals surface area contributed by atoms with E-state index in [2.05, 4.69) is 25.6 Å². The van der Waals surface area contributed by atoms with Crippen LogP contribution < -0.4 is 4.74 Å². The van der Waals surface area contributed by atoms with Crippen LogP contribution in [0.1, 0.15) is 17.3 Å². The number of tetrazole rings is 1. The average molecular weight is 426 g/mol. The first-order valence-corrected chi connectivity index (χ1v) is 9.99. The first-order chi connectivity index (χ1) is 15.7. The van der Waals surface area contributed by atoms with Gasteiger partial charge in [-0.15, -0.1) is 5.10 Å². The average Bonchev–Trinajstić information content (AvgIpc) is 3.47. The molecule has 2 aromatic heterocycles. The maximum atomic E-state index is 11.9. The van der Waals surface area contributed by atoms with E-state index >= 15 is 0 Å². The minimum atomic E-state index is -1.02. The molecule has 0 amide bonds. The lowest BCUT2D eigenvalue weighted by atomic mass is 9.99. The van der Waals surface area contributed by atoms with Crippen molar-refractivity contribution in [1.29, 1.82) is 0 Å². The van der Waals surface area contributed by atoms with E-state index in [1.54, 1.807) is 22.8 Å². The lowest BCUT2D eigenvalue weighted by Gasteiger charge is -2.12. The van der Waals surface area contributed by atoms with Crippen LogP contribution in [0.3, 0.4) is 0 Å². The lowest BCUT2D eigenvalue weighted by molar-refractivity contribution is 0.0698. The fourth-order valence-corrected chi connectivity index (χ4v) is 3.75. The molecular weight excluding hydrogens is 408 g/mol. The second-order valence-corrected chi connectivity index (χ2v) is 6.98. The van der Waals surface area contributed by atoms with Gasteiger partial charge in [0.25, 0.3) is 0 Å². The van der Waals surface area contributed by atoms with Crippen molar-refractivity contribution in [3.05, 3.63) is 72.3 Å². The van der Waals surface area contributed by atoms with Crippen LogP contribution in [-0.4, -0.2) is 47.9 Å². The van der Waals surface area contributed by atoms with Crippen LogP contribution in [0.2, 0.25) is 0 Å². The van der Waals surface area contributed by atoms with Crippen LogP contribution >= 0.6 is 0 Å². The van der Waals surface area contributed by atoms with Crippen molar-refractivity contribution in [3.63, 3.8) is 0 Å². The van der Waals surface area contributed by atoms with Crippen molar-refractivity contribution in [2.45, 2.75) is 6.92 Å². The summed E-state index contributed by atoms with van der Waals surface area (Å²) in [7, 11) is 0. The standard InChI is InChI=1S/C23H18N6O3/c1-2-32-23-24-19-9-5-8-18(22(30)31)20(19)29(23)15-12-10-14(11-13-15)16-6-3-4-7-17(16)21-25-27-28-26-21/h3-13H,2H2,1H3,(H,30,31)(H,25,26,27,28). The predicted molar refractivity (Wildman–Crippen MR) is 118 cm³/mol. The molecule has 0 unspecified atom stereocenters. The molecule has 32 heavy (non-hydrogen) atoms. The number of hydrogen-bond acceptors (Lipinski definition) is 6. The number of rotatable bonds is 6. The highest BCUT2D eigenvalue weighted by Gasteiger charge is 2.20. The van der Waals surface area contributed by atoms with Crippen molar-refractivity contribution in [3.8, 4) is 34.2 Å². The number of aromatic nitrogens is 6.